The minimum Gasteiger partial charge on any atom is -0.507 e. The molecule has 0 atom stereocenters. The van der Waals surface area contributed by atoms with Gasteiger partial charge in [0.25, 0.3) is 5.91 Å². The number of nitrogens with zero attached hydrogens (tertiary/aromatic N) is 1. The fraction of sp³-hybridized carbons (Fsp3) is 0. The standard InChI is InChI=1S/C18H11BrCl2N2O3/c19-10-4-6-15(24)13(8-10)18(25)23-22-9-11-5-7-16(26-11)12-2-1-3-14(20)17(12)21/h1-9,24H,(H,23,25)/b22-9-. The third-order valence-electron chi connectivity index (χ3n) is 3.40. The molecule has 26 heavy (non-hydrogen) atoms. The molecule has 0 radical (unpaired) electrons. The summed E-state index contributed by atoms with van der Waals surface area (Å²) >= 11 is 15.4. The highest BCUT2D eigenvalue weighted by Crippen LogP contribution is 2.34. The Morgan fingerprint density at radius 3 is 2.81 bits per heavy atom. The number of hydrogen-bond acceptors (Lipinski definition) is 4. The van der Waals surface area contributed by atoms with Gasteiger partial charge in [0.05, 0.1) is 21.8 Å². The van der Waals surface area contributed by atoms with Crippen LogP contribution in [0.5, 0.6) is 5.75 Å². The Morgan fingerprint density at radius 2 is 2.00 bits per heavy atom. The van der Waals surface area contributed by atoms with E-state index in [1.165, 1.54) is 18.3 Å². The average molecular weight is 454 g/mol. The Morgan fingerprint density at radius 1 is 1.19 bits per heavy atom. The number of carbonyl (C=O) groups is 1. The molecule has 5 nitrogen and oxygen atoms in total. The number of halogens is 3. The van der Waals surface area contributed by atoms with Crippen LogP contribution in [0.3, 0.4) is 0 Å². The number of amides is 1. The van der Waals surface area contributed by atoms with E-state index in [0.29, 0.717) is 31.6 Å². The molecule has 1 amide bonds. The van der Waals surface area contributed by atoms with Crippen molar-refractivity contribution in [2.75, 3.05) is 0 Å². The number of phenolic OH excluding ortho intramolecular Hbond substituents is 1. The van der Waals surface area contributed by atoms with Crippen LogP contribution in [0.25, 0.3) is 11.3 Å². The Hall–Kier alpha value is -2.28. The Labute approximate surface area is 167 Å². The molecule has 1 aromatic heterocycles. The van der Waals surface area contributed by atoms with Crippen LogP contribution in [0.1, 0.15) is 16.1 Å². The summed E-state index contributed by atoms with van der Waals surface area (Å²) in [6.07, 6.45) is 1.34. The Bertz CT molecular complexity index is 1000. The summed E-state index contributed by atoms with van der Waals surface area (Å²) in [5, 5.41) is 14.4. The molecule has 132 valence electrons. The third-order valence-corrected chi connectivity index (χ3v) is 4.72. The van der Waals surface area contributed by atoms with Crippen molar-refractivity contribution in [1.29, 1.82) is 0 Å². The first-order valence-corrected chi connectivity index (χ1v) is 8.87. The number of hydrazone groups is 1. The van der Waals surface area contributed by atoms with Gasteiger partial charge in [-0.05, 0) is 42.5 Å². The molecule has 0 bridgehead atoms. The molecule has 0 fully saturated rings. The second-order valence-electron chi connectivity index (χ2n) is 5.16. The number of carbonyl (C=O) groups excluding carboxylic acids is 1. The summed E-state index contributed by atoms with van der Waals surface area (Å²) in [6, 6.07) is 13.2. The lowest BCUT2D eigenvalue weighted by molar-refractivity contribution is 0.0952. The summed E-state index contributed by atoms with van der Waals surface area (Å²) < 4.78 is 6.30. The van der Waals surface area contributed by atoms with Gasteiger partial charge in [-0.3, -0.25) is 4.79 Å². The van der Waals surface area contributed by atoms with Crippen molar-refractivity contribution in [3.05, 3.63) is 74.4 Å². The summed E-state index contributed by atoms with van der Waals surface area (Å²) in [5.41, 5.74) is 3.08. The first kappa shape index (κ1) is 18.5. The molecule has 0 saturated carbocycles. The van der Waals surface area contributed by atoms with Crippen LogP contribution in [0.15, 0.2) is 62.5 Å². The van der Waals surface area contributed by atoms with Crippen molar-refractivity contribution in [2.24, 2.45) is 5.10 Å². The molecule has 0 aliphatic carbocycles. The molecule has 0 spiro atoms. The highest BCUT2D eigenvalue weighted by atomic mass is 79.9. The first-order chi connectivity index (χ1) is 12.5. The Balaban J connectivity index is 1.72. The zero-order chi connectivity index (χ0) is 18.7. The number of hydrogen-bond donors (Lipinski definition) is 2. The third kappa shape index (κ3) is 4.09. The highest BCUT2D eigenvalue weighted by molar-refractivity contribution is 9.10. The first-order valence-electron chi connectivity index (χ1n) is 7.32. The maximum absolute atomic E-state index is 12.0. The lowest BCUT2D eigenvalue weighted by Crippen LogP contribution is -2.17. The van der Waals surface area contributed by atoms with Crippen molar-refractivity contribution in [1.82, 2.24) is 5.43 Å². The number of phenols is 1. The summed E-state index contributed by atoms with van der Waals surface area (Å²) in [6.45, 7) is 0. The van der Waals surface area contributed by atoms with E-state index in [2.05, 4.69) is 26.5 Å². The zero-order valence-electron chi connectivity index (χ0n) is 13.0. The molecule has 3 rings (SSSR count). The molecule has 0 aliphatic heterocycles. The molecular weight excluding hydrogens is 443 g/mol. The van der Waals surface area contributed by atoms with Crippen LogP contribution in [0.4, 0.5) is 0 Å². The van der Waals surface area contributed by atoms with Crippen molar-refractivity contribution in [3.63, 3.8) is 0 Å². The number of nitrogens with one attached hydrogen (secondary N) is 1. The van der Waals surface area contributed by atoms with Crippen molar-refractivity contribution in [2.45, 2.75) is 0 Å². The maximum atomic E-state index is 12.0. The van der Waals surface area contributed by atoms with Gasteiger partial charge in [0.1, 0.15) is 17.3 Å². The second-order valence-corrected chi connectivity index (χ2v) is 6.86. The summed E-state index contributed by atoms with van der Waals surface area (Å²) in [5.74, 6) is 0.242. The SMILES string of the molecule is O=C(N/N=C\c1ccc(-c2cccc(Cl)c2Cl)o1)c1cc(Br)ccc1O. The smallest absolute Gasteiger partial charge is 0.275 e. The van der Waals surface area contributed by atoms with Gasteiger partial charge < -0.3 is 9.52 Å². The largest absolute Gasteiger partial charge is 0.507 e. The van der Waals surface area contributed by atoms with Crippen LogP contribution < -0.4 is 5.43 Å². The van der Waals surface area contributed by atoms with Crippen LogP contribution in [-0.4, -0.2) is 17.2 Å². The van der Waals surface area contributed by atoms with Gasteiger partial charge in [-0.1, -0.05) is 45.2 Å². The van der Waals surface area contributed by atoms with Gasteiger partial charge in [-0.15, -0.1) is 0 Å². The molecule has 3 aromatic rings. The van der Waals surface area contributed by atoms with E-state index in [1.807, 2.05) is 0 Å². The van der Waals surface area contributed by atoms with E-state index in [4.69, 9.17) is 27.6 Å². The van der Waals surface area contributed by atoms with Gasteiger partial charge in [0.2, 0.25) is 0 Å². The molecule has 8 heteroatoms. The topological polar surface area (TPSA) is 74.8 Å². The van der Waals surface area contributed by atoms with Gasteiger partial charge in [0.15, 0.2) is 0 Å². The van der Waals surface area contributed by atoms with Crippen LogP contribution >= 0.6 is 39.1 Å². The molecular formula is C18H11BrCl2N2O3. The van der Waals surface area contributed by atoms with Crippen molar-refractivity contribution < 1.29 is 14.3 Å². The van der Waals surface area contributed by atoms with Crippen molar-refractivity contribution >= 4 is 51.3 Å². The quantitative estimate of drug-likeness (QED) is 0.405. The second kappa shape index (κ2) is 7.95. The normalized spacial score (nSPS) is 11.0. The van der Waals surface area contributed by atoms with E-state index < -0.39 is 5.91 Å². The number of aromatic hydroxyl groups is 1. The fourth-order valence-electron chi connectivity index (χ4n) is 2.17. The van der Waals surface area contributed by atoms with Crippen LogP contribution in [0.2, 0.25) is 10.0 Å². The van der Waals surface area contributed by atoms with Gasteiger partial charge in [-0.25, -0.2) is 5.43 Å². The maximum Gasteiger partial charge on any atom is 0.275 e. The minimum absolute atomic E-state index is 0.0994. The lowest BCUT2D eigenvalue weighted by atomic mass is 10.2. The molecule has 0 aliphatic rings. The van der Waals surface area contributed by atoms with E-state index in [0.717, 1.165) is 0 Å². The van der Waals surface area contributed by atoms with Gasteiger partial charge in [-0.2, -0.15) is 5.10 Å². The molecule has 0 saturated heterocycles. The minimum atomic E-state index is -0.551. The fourth-order valence-corrected chi connectivity index (χ4v) is 2.92. The monoisotopic (exact) mass is 452 g/mol. The summed E-state index contributed by atoms with van der Waals surface area (Å²) in [7, 11) is 0. The predicted octanol–water partition coefficient (Wildman–Crippen LogP) is 5.49. The van der Waals surface area contributed by atoms with Crippen LogP contribution in [0, 0.1) is 0 Å². The molecule has 2 N–H and O–H groups in total. The van der Waals surface area contributed by atoms with Crippen molar-refractivity contribution in [3.8, 4) is 17.1 Å². The van der Waals surface area contributed by atoms with Gasteiger partial charge in [0, 0.05) is 10.0 Å². The van der Waals surface area contributed by atoms with E-state index >= 15 is 0 Å². The molecule has 2 aromatic carbocycles. The zero-order valence-corrected chi connectivity index (χ0v) is 16.1. The predicted molar refractivity (Wildman–Crippen MR) is 105 cm³/mol. The van der Waals surface area contributed by atoms with E-state index in [-0.39, 0.29) is 11.3 Å². The number of benzene rings is 2. The number of furan rings is 1. The van der Waals surface area contributed by atoms with E-state index in [1.54, 1.807) is 36.4 Å². The molecule has 1 heterocycles. The Kier molecular flexibility index (Phi) is 5.66. The van der Waals surface area contributed by atoms with Gasteiger partial charge >= 0.3 is 0 Å². The lowest BCUT2D eigenvalue weighted by Gasteiger charge is -2.03. The average Bonchev–Trinajstić information content (AvgIpc) is 3.08. The summed E-state index contributed by atoms with van der Waals surface area (Å²) in [4.78, 5) is 12.0. The van der Waals surface area contributed by atoms with E-state index in [9.17, 15) is 9.90 Å². The number of rotatable bonds is 4. The van der Waals surface area contributed by atoms with Crippen LogP contribution in [-0.2, 0) is 0 Å². The molecule has 0 unspecified atom stereocenters. The highest BCUT2D eigenvalue weighted by Gasteiger charge is 2.12.